The zero-order valence-electron chi connectivity index (χ0n) is 7.46. The SMILES string of the molecule is CNCc1n[nH]c(C)c1S(N)(=O)=O. The lowest BCUT2D eigenvalue weighted by atomic mass is 10.4. The Kier molecular flexibility index (Phi) is 2.69. The summed E-state index contributed by atoms with van der Waals surface area (Å²) in [5.74, 6) is 0. The molecule has 0 radical (unpaired) electrons. The molecule has 0 saturated heterocycles. The maximum atomic E-state index is 11.1. The summed E-state index contributed by atoms with van der Waals surface area (Å²) in [6.07, 6.45) is 0. The second-order valence-corrected chi connectivity index (χ2v) is 4.20. The first kappa shape index (κ1) is 10.2. The monoisotopic (exact) mass is 204 g/mol. The number of aromatic nitrogens is 2. The maximum Gasteiger partial charge on any atom is 0.241 e. The van der Waals surface area contributed by atoms with Crippen molar-refractivity contribution in [1.29, 1.82) is 0 Å². The maximum absolute atomic E-state index is 11.1. The van der Waals surface area contributed by atoms with Gasteiger partial charge < -0.3 is 5.32 Å². The zero-order valence-corrected chi connectivity index (χ0v) is 8.27. The van der Waals surface area contributed by atoms with E-state index in [1.807, 2.05) is 0 Å². The number of hydrogen-bond donors (Lipinski definition) is 3. The zero-order chi connectivity index (χ0) is 10.1. The number of nitrogens with one attached hydrogen (secondary N) is 2. The molecule has 0 aliphatic heterocycles. The van der Waals surface area contributed by atoms with Crippen LogP contribution >= 0.6 is 0 Å². The normalized spacial score (nSPS) is 11.9. The molecule has 0 saturated carbocycles. The minimum absolute atomic E-state index is 0.0850. The second-order valence-electron chi connectivity index (χ2n) is 2.70. The van der Waals surface area contributed by atoms with E-state index < -0.39 is 10.0 Å². The third kappa shape index (κ3) is 2.06. The molecule has 1 rings (SSSR count). The summed E-state index contributed by atoms with van der Waals surface area (Å²) in [4.78, 5) is 0.0850. The summed E-state index contributed by atoms with van der Waals surface area (Å²) in [5, 5.41) is 14.2. The van der Waals surface area contributed by atoms with E-state index in [2.05, 4.69) is 15.5 Å². The number of aromatic amines is 1. The Balaban J connectivity index is 3.25. The molecule has 0 unspecified atom stereocenters. The van der Waals surface area contributed by atoms with E-state index in [0.29, 0.717) is 17.9 Å². The number of hydrogen-bond acceptors (Lipinski definition) is 4. The molecular formula is C6H12N4O2S. The van der Waals surface area contributed by atoms with Crippen molar-refractivity contribution in [1.82, 2.24) is 15.5 Å². The molecule has 0 aliphatic carbocycles. The number of nitrogens with zero attached hydrogens (tertiary/aromatic N) is 1. The predicted molar refractivity (Wildman–Crippen MR) is 47.5 cm³/mol. The standard InChI is InChI=1S/C6H12N4O2S/c1-4-6(13(7,11)12)5(3-8-2)10-9-4/h8H,3H2,1-2H3,(H,9,10)(H2,7,11,12). The summed E-state index contributed by atoms with van der Waals surface area (Å²) in [7, 11) is -1.97. The number of aryl methyl sites for hydroxylation is 1. The van der Waals surface area contributed by atoms with Crippen molar-refractivity contribution in [3.8, 4) is 0 Å². The summed E-state index contributed by atoms with van der Waals surface area (Å²) in [6.45, 7) is 1.99. The third-order valence-corrected chi connectivity index (χ3v) is 2.70. The molecule has 0 atom stereocenters. The van der Waals surface area contributed by atoms with E-state index in [0.717, 1.165) is 0 Å². The van der Waals surface area contributed by atoms with Gasteiger partial charge in [-0.25, -0.2) is 13.6 Å². The van der Waals surface area contributed by atoms with E-state index in [-0.39, 0.29) is 4.90 Å². The Hall–Kier alpha value is -0.920. The van der Waals surface area contributed by atoms with Crippen LogP contribution in [0, 0.1) is 6.92 Å². The molecule has 1 aromatic heterocycles. The van der Waals surface area contributed by atoms with Crippen molar-refractivity contribution >= 4 is 10.0 Å². The van der Waals surface area contributed by atoms with E-state index >= 15 is 0 Å². The summed E-state index contributed by atoms with van der Waals surface area (Å²) in [6, 6.07) is 0. The lowest BCUT2D eigenvalue weighted by Crippen LogP contribution is -2.17. The largest absolute Gasteiger partial charge is 0.314 e. The molecule has 7 heteroatoms. The van der Waals surface area contributed by atoms with Crippen LogP contribution < -0.4 is 10.5 Å². The van der Waals surface area contributed by atoms with Gasteiger partial charge in [0.1, 0.15) is 4.90 Å². The van der Waals surface area contributed by atoms with Gasteiger partial charge in [0.2, 0.25) is 10.0 Å². The first-order chi connectivity index (χ1) is 5.96. The minimum Gasteiger partial charge on any atom is -0.314 e. The Morgan fingerprint density at radius 1 is 1.62 bits per heavy atom. The highest BCUT2D eigenvalue weighted by Gasteiger charge is 2.19. The average molecular weight is 204 g/mol. The number of H-pyrrole nitrogens is 1. The second kappa shape index (κ2) is 3.44. The fraction of sp³-hybridized carbons (Fsp3) is 0.500. The van der Waals surface area contributed by atoms with Crippen molar-refractivity contribution in [2.24, 2.45) is 5.14 Å². The van der Waals surface area contributed by atoms with Gasteiger partial charge >= 0.3 is 0 Å². The lowest BCUT2D eigenvalue weighted by Gasteiger charge is -1.99. The number of rotatable bonds is 3. The van der Waals surface area contributed by atoms with Crippen molar-refractivity contribution < 1.29 is 8.42 Å². The molecule has 74 valence electrons. The van der Waals surface area contributed by atoms with Crippen LogP contribution in [-0.4, -0.2) is 25.7 Å². The third-order valence-electron chi connectivity index (χ3n) is 1.59. The van der Waals surface area contributed by atoms with Crippen LogP contribution in [0.3, 0.4) is 0 Å². The molecular weight excluding hydrogens is 192 g/mol. The Bertz CT molecular complexity index is 395. The highest BCUT2D eigenvalue weighted by Crippen LogP contribution is 2.14. The van der Waals surface area contributed by atoms with Crippen LogP contribution in [-0.2, 0) is 16.6 Å². The summed E-state index contributed by atoms with van der Waals surface area (Å²) >= 11 is 0. The van der Waals surface area contributed by atoms with E-state index in [4.69, 9.17) is 5.14 Å². The van der Waals surface area contributed by atoms with Crippen LogP contribution in [0.1, 0.15) is 11.4 Å². The molecule has 0 bridgehead atoms. The smallest absolute Gasteiger partial charge is 0.241 e. The molecule has 0 aromatic carbocycles. The van der Waals surface area contributed by atoms with Gasteiger partial charge in [0.05, 0.1) is 11.4 Å². The van der Waals surface area contributed by atoms with Gasteiger partial charge in [-0.3, -0.25) is 5.10 Å². The van der Waals surface area contributed by atoms with Gasteiger partial charge in [0.25, 0.3) is 0 Å². The quantitative estimate of drug-likeness (QED) is 0.593. The van der Waals surface area contributed by atoms with Gasteiger partial charge in [-0.2, -0.15) is 5.10 Å². The van der Waals surface area contributed by atoms with Crippen molar-refractivity contribution in [3.63, 3.8) is 0 Å². The summed E-state index contributed by atoms with van der Waals surface area (Å²) in [5.41, 5.74) is 0.884. The fourth-order valence-corrected chi connectivity index (χ4v) is 2.05. The van der Waals surface area contributed by atoms with Crippen LogP contribution in [0.5, 0.6) is 0 Å². The number of primary sulfonamides is 1. The summed E-state index contributed by atoms with van der Waals surface area (Å²) < 4.78 is 22.2. The number of nitrogens with two attached hydrogens (primary N) is 1. The predicted octanol–water partition coefficient (Wildman–Crippen LogP) is -0.915. The van der Waals surface area contributed by atoms with Crippen LogP contribution in [0.2, 0.25) is 0 Å². The van der Waals surface area contributed by atoms with Crippen LogP contribution in [0.15, 0.2) is 4.90 Å². The van der Waals surface area contributed by atoms with E-state index in [1.54, 1.807) is 14.0 Å². The molecule has 1 heterocycles. The Morgan fingerprint density at radius 2 is 2.23 bits per heavy atom. The Morgan fingerprint density at radius 3 is 2.69 bits per heavy atom. The first-order valence-electron chi connectivity index (χ1n) is 3.68. The Labute approximate surface area is 76.6 Å². The highest BCUT2D eigenvalue weighted by atomic mass is 32.2. The fourth-order valence-electron chi connectivity index (χ4n) is 1.13. The van der Waals surface area contributed by atoms with Crippen molar-refractivity contribution in [3.05, 3.63) is 11.4 Å². The van der Waals surface area contributed by atoms with E-state index in [1.165, 1.54) is 0 Å². The van der Waals surface area contributed by atoms with Gasteiger partial charge in [0, 0.05) is 6.54 Å². The van der Waals surface area contributed by atoms with Crippen LogP contribution in [0.4, 0.5) is 0 Å². The molecule has 0 amide bonds. The van der Waals surface area contributed by atoms with Crippen molar-refractivity contribution in [2.75, 3.05) is 7.05 Å². The topological polar surface area (TPSA) is 101 Å². The molecule has 0 aliphatic rings. The molecule has 6 nitrogen and oxygen atoms in total. The molecule has 0 fully saturated rings. The van der Waals surface area contributed by atoms with E-state index in [9.17, 15) is 8.42 Å². The van der Waals surface area contributed by atoms with Crippen LogP contribution in [0.25, 0.3) is 0 Å². The average Bonchev–Trinajstić information content (AvgIpc) is 2.31. The van der Waals surface area contributed by atoms with Crippen molar-refractivity contribution in [2.45, 2.75) is 18.4 Å². The molecule has 1 aromatic rings. The van der Waals surface area contributed by atoms with Gasteiger partial charge in [0.15, 0.2) is 0 Å². The van der Waals surface area contributed by atoms with Gasteiger partial charge in [-0.1, -0.05) is 0 Å². The van der Waals surface area contributed by atoms with Gasteiger partial charge in [-0.15, -0.1) is 0 Å². The highest BCUT2D eigenvalue weighted by molar-refractivity contribution is 7.89. The first-order valence-corrected chi connectivity index (χ1v) is 5.22. The molecule has 13 heavy (non-hydrogen) atoms. The lowest BCUT2D eigenvalue weighted by molar-refractivity contribution is 0.595. The van der Waals surface area contributed by atoms with Gasteiger partial charge in [-0.05, 0) is 14.0 Å². The number of sulfonamides is 1. The molecule has 0 spiro atoms. The molecule has 4 N–H and O–H groups in total. The minimum atomic E-state index is -3.68.